The van der Waals surface area contributed by atoms with Gasteiger partial charge in [-0.15, -0.1) is 0 Å². The summed E-state index contributed by atoms with van der Waals surface area (Å²) in [4.78, 5) is 22.3. The van der Waals surface area contributed by atoms with Gasteiger partial charge < -0.3 is 9.47 Å². The van der Waals surface area contributed by atoms with Crippen LogP contribution in [0.25, 0.3) is 0 Å². The van der Waals surface area contributed by atoms with Gasteiger partial charge in [0.25, 0.3) is 0 Å². The van der Waals surface area contributed by atoms with E-state index in [1.54, 1.807) is 13.8 Å². The highest BCUT2D eigenvalue weighted by Gasteiger charge is 2.09. The van der Waals surface area contributed by atoms with Gasteiger partial charge in [-0.1, -0.05) is 20.8 Å². The number of carbonyl (C=O) groups is 2. The molecule has 0 aromatic heterocycles. The van der Waals surface area contributed by atoms with Gasteiger partial charge in [0.05, 0.1) is 12.7 Å². The fourth-order valence-electron chi connectivity index (χ4n) is 0.862. The topological polar surface area (TPSA) is 52.6 Å². The Labute approximate surface area is 103 Å². The van der Waals surface area contributed by atoms with Gasteiger partial charge in [0, 0.05) is 12.2 Å². The fraction of sp³-hybridized carbons (Fsp3) is 0.692. The van der Waals surface area contributed by atoms with Gasteiger partial charge in [0.15, 0.2) is 0 Å². The van der Waals surface area contributed by atoms with Crippen LogP contribution in [0.3, 0.4) is 0 Å². The molecular formula is C13H22O4. The van der Waals surface area contributed by atoms with Gasteiger partial charge in [-0.2, -0.15) is 0 Å². The molecule has 0 heterocycles. The lowest BCUT2D eigenvalue weighted by Gasteiger charge is -2.14. The van der Waals surface area contributed by atoms with Crippen molar-refractivity contribution < 1.29 is 19.1 Å². The van der Waals surface area contributed by atoms with Crippen LogP contribution in [0.1, 0.15) is 34.6 Å². The van der Waals surface area contributed by atoms with Crippen LogP contribution < -0.4 is 0 Å². The number of ether oxygens (including phenoxy) is 2. The summed E-state index contributed by atoms with van der Waals surface area (Å²) in [5.74, 6) is -0.292. The molecule has 0 aliphatic rings. The van der Waals surface area contributed by atoms with Gasteiger partial charge in [0.2, 0.25) is 0 Å². The van der Waals surface area contributed by atoms with Gasteiger partial charge in [0.1, 0.15) is 0 Å². The third-order valence-corrected chi connectivity index (χ3v) is 2.33. The SMILES string of the molecule is CC(C)OC(=O)/C=C/C(=O)OCC(C)C(C)C. The first kappa shape index (κ1) is 15.7. The van der Waals surface area contributed by atoms with Crippen LogP contribution in [-0.2, 0) is 19.1 Å². The molecule has 0 rings (SSSR count). The van der Waals surface area contributed by atoms with Gasteiger partial charge in [-0.3, -0.25) is 0 Å². The number of rotatable bonds is 6. The van der Waals surface area contributed by atoms with E-state index in [-0.39, 0.29) is 6.10 Å². The number of esters is 2. The van der Waals surface area contributed by atoms with Crippen molar-refractivity contribution in [2.45, 2.75) is 40.7 Å². The van der Waals surface area contributed by atoms with E-state index in [0.717, 1.165) is 12.2 Å². The van der Waals surface area contributed by atoms with Crippen LogP contribution in [0.4, 0.5) is 0 Å². The van der Waals surface area contributed by atoms with Gasteiger partial charge in [-0.25, -0.2) is 9.59 Å². The minimum Gasteiger partial charge on any atom is -0.462 e. The lowest BCUT2D eigenvalue weighted by atomic mass is 9.99. The highest BCUT2D eigenvalue weighted by atomic mass is 16.5. The van der Waals surface area contributed by atoms with E-state index in [1.165, 1.54) is 0 Å². The fourth-order valence-corrected chi connectivity index (χ4v) is 0.862. The molecule has 0 aromatic rings. The molecule has 4 heteroatoms. The van der Waals surface area contributed by atoms with E-state index >= 15 is 0 Å². The Morgan fingerprint density at radius 2 is 1.53 bits per heavy atom. The third-order valence-electron chi connectivity index (χ3n) is 2.33. The molecule has 0 aliphatic heterocycles. The van der Waals surface area contributed by atoms with Crippen LogP contribution in [0.15, 0.2) is 12.2 Å². The van der Waals surface area contributed by atoms with E-state index in [2.05, 4.69) is 13.8 Å². The van der Waals surface area contributed by atoms with Crippen molar-refractivity contribution in [3.63, 3.8) is 0 Å². The van der Waals surface area contributed by atoms with Crippen LogP contribution in [0.2, 0.25) is 0 Å². The maximum atomic E-state index is 11.2. The highest BCUT2D eigenvalue weighted by Crippen LogP contribution is 2.09. The van der Waals surface area contributed by atoms with Crippen molar-refractivity contribution in [1.82, 2.24) is 0 Å². The standard InChI is InChI=1S/C13H22O4/c1-9(2)11(5)8-16-12(14)6-7-13(15)17-10(3)4/h6-7,9-11H,8H2,1-5H3/b7-6+. The largest absolute Gasteiger partial charge is 0.462 e. The van der Waals surface area contributed by atoms with Gasteiger partial charge in [-0.05, 0) is 25.7 Å². The zero-order valence-electron chi connectivity index (χ0n) is 11.2. The smallest absolute Gasteiger partial charge is 0.331 e. The van der Waals surface area contributed by atoms with Crippen molar-refractivity contribution in [1.29, 1.82) is 0 Å². The molecule has 17 heavy (non-hydrogen) atoms. The molecule has 0 saturated heterocycles. The number of hydrogen-bond donors (Lipinski definition) is 0. The first-order valence-corrected chi connectivity index (χ1v) is 5.88. The van der Waals surface area contributed by atoms with Crippen LogP contribution in [0.5, 0.6) is 0 Å². The molecule has 98 valence electrons. The summed E-state index contributed by atoms with van der Waals surface area (Å²) in [6.07, 6.45) is 1.99. The first-order chi connectivity index (χ1) is 7.82. The molecule has 4 nitrogen and oxygen atoms in total. The average Bonchev–Trinajstić information content (AvgIpc) is 2.21. The molecule has 0 spiro atoms. The Morgan fingerprint density at radius 3 is 2.00 bits per heavy atom. The Hall–Kier alpha value is -1.32. The summed E-state index contributed by atoms with van der Waals surface area (Å²) >= 11 is 0. The Morgan fingerprint density at radius 1 is 1.00 bits per heavy atom. The van der Waals surface area contributed by atoms with Crippen molar-refractivity contribution in [3.05, 3.63) is 12.2 Å². The molecule has 0 aliphatic carbocycles. The van der Waals surface area contributed by atoms with Crippen molar-refractivity contribution in [3.8, 4) is 0 Å². The quantitative estimate of drug-likeness (QED) is 0.530. The molecule has 0 N–H and O–H groups in total. The predicted molar refractivity (Wildman–Crippen MR) is 65.3 cm³/mol. The van der Waals surface area contributed by atoms with E-state index in [4.69, 9.17) is 9.47 Å². The molecule has 1 unspecified atom stereocenters. The summed E-state index contributed by atoms with van der Waals surface area (Å²) in [5, 5.41) is 0. The van der Waals surface area contributed by atoms with Crippen LogP contribution in [0, 0.1) is 11.8 Å². The second kappa shape index (κ2) is 7.87. The molecule has 0 fully saturated rings. The number of hydrogen-bond acceptors (Lipinski definition) is 4. The highest BCUT2D eigenvalue weighted by molar-refractivity contribution is 5.91. The minimum absolute atomic E-state index is 0.191. The van der Waals surface area contributed by atoms with Crippen molar-refractivity contribution in [2.75, 3.05) is 6.61 Å². The third kappa shape index (κ3) is 8.48. The number of carbonyl (C=O) groups excluding carboxylic acids is 2. The summed E-state index contributed by atoms with van der Waals surface area (Å²) < 4.78 is 9.82. The summed E-state index contributed by atoms with van der Waals surface area (Å²) in [6, 6.07) is 0. The Kier molecular flexibility index (Phi) is 7.26. The predicted octanol–water partition coefficient (Wildman–Crippen LogP) is 2.33. The molecular weight excluding hydrogens is 220 g/mol. The maximum absolute atomic E-state index is 11.2. The Balaban J connectivity index is 3.94. The van der Waals surface area contributed by atoms with E-state index < -0.39 is 11.9 Å². The van der Waals surface area contributed by atoms with E-state index in [9.17, 15) is 9.59 Å². The maximum Gasteiger partial charge on any atom is 0.331 e. The lowest BCUT2D eigenvalue weighted by Crippen LogP contribution is -2.15. The lowest BCUT2D eigenvalue weighted by molar-refractivity contribution is -0.143. The summed E-state index contributed by atoms with van der Waals surface area (Å²) in [6.45, 7) is 9.99. The molecule has 0 amide bonds. The molecule has 0 aromatic carbocycles. The Bertz CT molecular complexity index is 279. The zero-order valence-corrected chi connectivity index (χ0v) is 11.2. The molecule has 1 atom stereocenters. The van der Waals surface area contributed by atoms with Crippen molar-refractivity contribution in [2.24, 2.45) is 11.8 Å². The van der Waals surface area contributed by atoms with E-state index in [1.807, 2.05) is 6.92 Å². The van der Waals surface area contributed by atoms with Gasteiger partial charge >= 0.3 is 11.9 Å². The van der Waals surface area contributed by atoms with Crippen LogP contribution >= 0.6 is 0 Å². The van der Waals surface area contributed by atoms with Crippen molar-refractivity contribution >= 4 is 11.9 Å². The van der Waals surface area contributed by atoms with Crippen LogP contribution in [-0.4, -0.2) is 24.6 Å². The monoisotopic (exact) mass is 242 g/mol. The summed E-state index contributed by atoms with van der Waals surface area (Å²) in [5.41, 5.74) is 0. The first-order valence-electron chi connectivity index (χ1n) is 5.88. The zero-order chi connectivity index (χ0) is 13.4. The van der Waals surface area contributed by atoms with E-state index in [0.29, 0.717) is 18.4 Å². The second-order valence-electron chi connectivity index (χ2n) is 4.67. The second-order valence-corrected chi connectivity index (χ2v) is 4.67. The summed E-state index contributed by atoms with van der Waals surface area (Å²) in [7, 11) is 0. The molecule has 0 saturated carbocycles. The molecule has 0 bridgehead atoms. The minimum atomic E-state index is -0.533. The molecule has 0 radical (unpaired) electrons. The average molecular weight is 242 g/mol. The normalized spacial score (nSPS) is 13.1.